The smallest absolute Gasteiger partial charge is 0.433 e. The fraction of sp³-hybridized carbons (Fsp3) is 0.500. The van der Waals surface area contributed by atoms with Crippen LogP contribution in [0.15, 0.2) is 36.5 Å². The van der Waals surface area contributed by atoms with Gasteiger partial charge in [0, 0.05) is 12.7 Å². The van der Waals surface area contributed by atoms with Gasteiger partial charge in [-0.25, -0.2) is 4.79 Å². The quantitative estimate of drug-likeness (QED) is 0.813. The Hall–Kier alpha value is -2.17. The van der Waals surface area contributed by atoms with Gasteiger partial charge >= 0.3 is 6.09 Å². The molecule has 1 aromatic rings. The largest absolute Gasteiger partial charge is 0.497 e. The monoisotopic (exact) mass is 318 g/mol. The fourth-order valence-corrected chi connectivity index (χ4v) is 2.36. The van der Waals surface area contributed by atoms with Crippen LogP contribution in [0.4, 0.5) is 10.5 Å². The topological polar surface area (TPSA) is 42.0 Å². The summed E-state index contributed by atoms with van der Waals surface area (Å²) in [5, 5.41) is 3.51. The van der Waals surface area contributed by atoms with E-state index in [2.05, 4.69) is 0 Å². The van der Waals surface area contributed by atoms with Gasteiger partial charge in [0.05, 0.1) is 12.8 Å². The third kappa shape index (κ3) is 4.91. The Bertz CT molecular complexity index is 546. The Kier molecular flexibility index (Phi) is 5.53. The Balaban J connectivity index is 2.27. The van der Waals surface area contributed by atoms with Crippen LogP contribution in [-0.2, 0) is 4.74 Å². The van der Waals surface area contributed by atoms with Crippen molar-refractivity contribution < 1.29 is 14.3 Å². The number of hydrogen-bond donors (Lipinski definition) is 0. The minimum Gasteiger partial charge on any atom is -0.497 e. The number of methoxy groups -OCH3 is 1. The second-order valence-corrected chi connectivity index (χ2v) is 6.53. The maximum atomic E-state index is 12.6. The number of carbonyl (C=O) groups excluding carboxylic acids is 1. The molecule has 5 heteroatoms. The molecule has 0 spiro atoms. The summed E-state index contributed by atoms with van der Waals surface area (Å²) in [7, 11) is 1.64. The molecule has 1 heterocycles. The maximum absolute atomic E-state index is 12.6. The van der Waals surface area contributed by atoms with Crippen LogP contribution in [-0.4, -0.2) is 30.4 Å². The van der Waals surface area contributed by atoms with Crippen LogP contribution in [0.1, 0.15) is 40.0 Å². The highest BCUT2D eigenvalue weighted by atomic mass is 16.6. The molecule has 0 saturated heterocycles. The van der Waals surface area contributed by atoms with Crippen molar-refractivity contribution in [2.75, 3.05) is 18.7 Å². The third-order valence-corrected chi connectivity index (χ3v) is 3.45. The van der Waals surface area contributed by atoms with Crippen LogP contribution in [0, 0.1) is 0 Å². The van der Waals surface area contributed by atoms with Gasteiger partial charge in [-0.3, -0.25) is 5.01 Å². The van der Waals surface area contributed by atoms with E-state index in [4.69, 9.17) is 9.47 Å². The van der Waals surface area contributed by atoms with E-state index >= 15 is 0 Å². The van der Waals surface area contributed by atoms with Crippen molar-refractivity contribution in [1.82, 2.24) is 5.01 Å². The highest BCUT2D eigenvalue weighted by molar-refractivity contribution is 5.72. The lowest BCUT2D eigenvalue weighted by molar-refractivity contribution is 0.0313. The van der Waals surface area contributed by atoms with Gasteiger partial charge in [0.25, 0.3) is 0 Å². The van der Waals surface area contributed by atoms with Gasteiger partial charge in [0.15, 0.2) is 0 Å². The van der Waals surface area contributed by atoms with Gasteiger partial charge < -0.3 is 9.47 Å². The van der Waals surface area contributed by atoms with E-state index in [0.717, 1.165) is 37.2 Å². The van der Waals surface area contributed by atoms with Gasteiger partial charge in [-0.05, 0) is 64.3 Å². The van der Waals surface area contributed by atoms with E-state index < -0.39 is 5.60 Å². The summed E-state index contributed by atoms with van der Waals surface area (Å²) in [4.78, 5) is 12.6. The lowest BCUT2D eigenvalue weighted by atomic mass is 10.2. The zero-order valence-corrected chi connectivity index (χ0v) is 14.4. The zero-order valence-electron chi connectivity index (χ0n) is 14.4. The van der Waals surface area contributed by atoms with Gasteiger partial charge in [-0.15, -0.1) is 0 Å². The van der Waals surface area contributed by atoms with Gasteiger partial charge in [-0.1, -0.05) is 6.08 Å². The predicted molar refractivity (Wildman–Crippen MR) is 91.4 cm³/mol. The van der Waals surface area contributed by atoms with Crippen molar-refractivity contribution in [1.29, 1.82) is 0 Å². The van der Waals surface area contributed by atoms with Crippen molar-refractivity contribution >= 4 is 11.8 Å². The lowest BCUT2D eigenvalue weighted by Crippen LogP contribution is -2.46. The Morgan fingerprint density at radius 3 is 2.43 bits per heavy atom. The molecule has 1 amide bonds. The van der Waals surface area contributed by atoms with Gasteiger partial charge in [-0.2, -0.15) is 5.01 Å². The molecular formula is C18H26N2O3. The van der Waals surface area contributed by atoms with E-state index in [1.165, 1.54) is 0 Å². The number of hydrazine groups is 1. The van der Waals surface area contributed by atoms with Crippen molar-refractivity contribution in [3.63, 3.8) is 0 Å². The number of anilines is 1. The Morgan fingerprint density at radius 2 is 1.83 bits per heavy atom. The molecule has 0 saturated carbocycles. The first-order valence-corrected chi connectivity index (χ1v) is 8.01. The predicted octanol–water partition coefficient (Wildman–Crippen LogP) is 4.35. The van der Waals surface area contributed by atoms with Crippen molar-refractivity contribution in [3.05, 3.63) is 36.5 Å². The minimum atomic E-state index is -0.529. The minimum absolute atomic E-state index is 0.369. The first kappa shape index (κ1) is 17.2. The summed E-state index contributed by atoms with van der Waals surface area (Å²) in [5.41, 5.74) is 0.405. The van der Waals surface area contributed by atoms with E-state index in [0.29, 0.717) is 0 Å². The van der Waals surface area contributed by atoms with Crippen LogP contribution < -0.4 is 9.75 Å². The van der Waals surface area contributed by atoms with Gasteiger partial charge in [0.1, 0.15) is 11.4 Å². The Labute approximate surface area is 138 Å². The van der Waals surface area contributed by atoms with Crippen molar-refractivity contribution in [2.45, 2.75) is 45.6 Å². The molecule has 0 atom stereocenters. The van der Waals surface area contributed by atoms with Crippen LogP contribution in [0.2, 0.25) is 0 Å². The van der Waals surface area contributed by atoms with Crippen molar-refractivity contribution in [2.24, 2.45) is 0 Å². The average molecular weight is 318 g/mol. The molecule has 1 aliphatic rings. The highest BCUT2D eigenvalue weighted by Gasteiger charge is 2.26. The number of hydrogen-bond acceptors (Lipinski definition) is 4. The molecule has 1 aromatic carbocycles. The normalized spacial score (nSPS) is 17.2. The van der Waals surface area contributed by atoms with Crippen LogP contribution in [0.25, 0.3) is 0 Å². The molecule has 0 bridgehead atoms. The summed E-state index contributed by atoms with van der Waals surface area (Å²) < 4.78 is 10.7. The second kappa shape index (κ2) is 7.40. The number of ether oxygens (including phenoxy) is 2. The zero-order chi connectivity index (χ0) is 16.9. The number of benzene rings is 1. The Morgan fingerprint density at radius 1 is 1.13 bits per heavy atom. The number of rotatable bonds is 2. The maximum Gasteiger partial charge on any atom is 0.433 e. The van der Waals surface area contributed by atoms with E-state index in [9.17, 15) is 4.79 Å². The summed E-state index contributed by atoms with van der Waals surface area (Å²) in [5.74, 6) is 0.792. The average Bonchev–Trinajstić information content (AvgIpc) is 2.45. The lowest BCUT2D eigenvalue weighted by Gasteiger charge is -2.36. The van der Waals surface area contributed by atoms with Crippen LogP contribution in [0.3, 0.4) is 0 Å². The molecule has 0 aromatic heterocycles. The van der Waals surface area contributed by atoms with Crippen molar-refractivity contribution in [3.8, 4) is 5.75 Å². The molecule has 0 unspecified atom stereocenters. The van der Waals surface area contributed by atoms with E-state index in [-0.39, 0.29) is 6.09 Å². The summed E-state index contributed by atoms with van der Waals surface area (Å²) >= 11 is 0. The molecule has 126 valence electrons. The number of nitrogens with zero attached hydrogens (tertiary/aromatic N) is 2. The second-order valence-electron chi connectivity index (χ2n) is 6.53. The summed E-state index contributed by atoms with van der Waals surface area (Å²) in [6.07, 6.45) is 6.53. The number of carbonyl (C=O) groups is 1. The molecule has 5 nitrogen and oxygen atoms in total. The number of allylic oxidation sites excluding steroid dienone is 1. The van der Waals surface area contributed by atoms with E-state index in [1.54, 1.807) is 18.3 Å². The fourth-order valence-electron chi connectivity index (χ4n) is 2.36. The molecule has 2 rings (SSSR count). The molecule has 0 aliphatic carbocycles. The molecule has 0 radical (unpaired) electrons. The molecule has 23 heavy (non-hydrogen) atoms. The molecule has 0 N–H and O–H groups in total. The van der Waals surface area contributed by atoms with Gasteiger partial charge in [0.2, 0.25) is 0 Å². The first-order valence-electron chi connectivity index (χ1n) is 8.01. The van der Waals surface area contributed by atoms with E-state index in [1.807, 2.05) is 56.1 Å². The third-order valence-electron chi connectivity index (χ3n) is 3.45. The molecular weight excluding hydrogens is 292 g/mol. The molecule has 0 fully saturated rings. The standard InChI is InChI=1S/C18H26N2O3/c1-18(2,3)23-17(21)20-14-8-6-5-7-13-19(20)15-9-11-16(22-4)12-10-15/h8-12,14H,5-7,13H2,1-4H3/b14-8-. The summed E-state index contributed by atoms with van der Waals surface area (Å²) in [6, 6.07) is 7.69. The summed E-state index contributed by atoms with van der Waals surface area (Å²) in [6.45, 7) is 6.37. The highest BCUT2D eigenvalue weighted by Crippen LogP contribution is 2.24. The van der Waals surface area contributed by atoms with Crippen LogP contribution >= 0.6 is 0 Å². The SMILES string of the molecule is COc1ccc(N2CCCC/C=C\N2C(=O)OC(C)(C)C)cc1. The number of amides is 1. The van der Waals surface area contributed by atoms with Crippen LogP contribution in [0.5, 0.6) is 5.75 Å². The first-order chi connectivity index (χ1) is 10.9. The molecule has 1 aliphatic heterocycles.